The van der Waals surface area contributed by atoms with Crippen LogP contribution in [0.3, 0.4) is 0 Å². The molecular formula is C23H31FN2O5. The number of H-pyrrole nitrogens is 1. The quantitative estimate of drug-likeness (QED) is 0.553. The molecule has 3 rings (SSSR count). The molecule has 2 aromatic rings. The Hall–Kier alpha value is -2.42. The molecule has 0 aliphatic carbocycles. The second-order valence-electron chi connectivity index (χ2n) is 8.10. The van der Waals surface area contributed by atoms with Crippen molar-refractivity contribution in [3.63, 3.8) is 0 Å². The van der Waals surface area contributed by atoms with E-state index in [2.05, 4.69) is 9.88 Å². The van der Waals surface area contributed by atoms with Crippen LogP contribution in [0.1, 0.15) is 47.1 Å². The van der Waals surface area contributed by atoms with E-state index in [0.717, 1.165) is 11.3 Å². The Labute approximate surface area is 181 Å². The van der Waals surface area contributed by atoms with Gasteiger partial charge in [0.2, 0.25) is 0 Å². The van der Waals surface area contributed by atoms with E-state index in [1.165, 1.54) is 12.1 Å². The number of carbonyl (C=O) groups is 1. The van der Waals surface area contributed by atoms with E-state index in [-0.39, 0.29) is 24.7 Å². The maximum absolute atomic E-state index is 13.2. The van der Waals surface area contributed by atoms with Crippen molar-refractivity contribution >= 4 is 5.97 Å². The van der Waals surface area contributed by atoms with Crippen LogP contribution in [0.2, 0.25) is 0 Å². The Morgan fingerprint density at radius 2 is 1.90 bits per heavy atom. The molecule has 0 amide bonds. The van der Waals surface area contributed by atoms with Crippen LogP contribution in [0.4, 0.5) is 4.39 Å². The molecule has 7 nitrogen and oxygen atoms in total. The molecule has 31 heavy (non-hydrogen) atoms. The van der Waals surface area contributed by atoms with Crippen LogP contribution in [-0.2, 0) is 10.3 Å². The number of likely N-dealkylation sites (tertiary alicyclic amines) is 1. The standard InChI is InChI=1S/C23H31FN2O5/c1-4-30-22(28)20-21(15(2)16(3)25-20)31-14-19(27)13-26-11-9-23(29,10-12-26)17-5-7-18(24)8-6-17/h5-8,19,25,27,29H,4,9-14H2,1-3H3. The maximum Gasteiger partial charge on any atom is 0.358 e. The predicted octanol–water partition coefficient (Wildman–Crippen LogP) is 2.67. The fraction of sp³-hybridized carbons (Fsp3) is 0.522. The van der Waals surface area contributed by atoms with Gasteiger partial charge in [-0.1, -0.05) is 12.1 Å². The fourth-order valence-corrected chi connectivity index (χ4v) is 3.91. The highest BCUT2D eigenvalue weighted by Gasteiger charge is 2.34. The van der Waals surface area contributed by atoms with Gasteiger partial charge in [0.15, 0.2) is 11.4 Å². The summed E-state index contributed by atoms with van der Waals surface area (Å²) in [5.74, 6) is -0.412. The third-order valence-corrected chi connectivity index (χ3v) is 5.88. The lowest BCUT2D eigenvalue weighted by Crippen LogP contribution is -2.46. The van der Waals surface area contributed by atoms with Crippen molar-refractivity contribution in [2.75, 3.05) is 32.8 Å². The number of esters is 1. The van der Waals surface area contributed by atoms with Crippen LogP contribution in [0.25, 0.3) is 0 Å². The van der Waals surface area contributed by atoms with Crippen molar-refractivity contribution in [2.24, 2.45) is 0 Å². The SMILES string of the molecule is CCOC(=O)c1[nH]c(C)c(C)c1OCC(O)CN1CCC(O)(c2ccc(F)cc2)CC1. The molecule has 0 saturated carbocycles. The fourth-order valence-electron chi connectivity index (χ4n) is 3.91. The number of benzene rings is 1. The largest absolute Gasteiger partial charge is 0.488 e. The minimum atomic E-state index is -0.986. The van der Waals surface area contributed by atoms with Gasteiger partial charge in [0.05, 0.1) is 12.2 Å². The van der Waals surface area contributed by atoms with Crippen LogP contribution >= 0.6 is 0 Å². The zero-order valence-electron chi connectivity index (χ0n) is 18.3. The average Bonchev–Trinajstić information content (AvgIpc) is 3.03. The Morgan fingerprint density at radius 1 is 1.26 bits per heavy atom. The van der Waals surface area contributed by atoms with E-state index >= 15 is 0 Å². The monoisotopic (exact) mass is 434 g/mol. The summed E-state index contributed by atoms with van der Waals surface area (Å²) in [6.07, 6.45) is 0.228. The number of ether oxygens (including phenoxy) is 2. The van der Waals surface area contributed by atoms with Crippen LogP contribution in [0.15, 0.2) is 24.3 Å². The van der Waals surface area contributed by atoms with Crippen LogP contribution in [-0.4, -0.2) is 65.0 Å². The molecule has 1 aromatic carbocycles. The number of rotatable bonds is 8. The lowest BCUT2D eigenvalue weighted by Gasteiger charge is -2.39. The zero-order valence-corrected chi connectivity index (χ0v) is 18.3. The normalized spacial score (nSPS) is 17.4. The lowest BCUT2D eigenvalue weighted by molar-refractivity contribution is -0.0373. The Balaban J connectivity index is 1.53. The van der Waals surface area contributed by atoms with Gasteiger partial charge in [-0.3, -0.25) is 0 Å². The van der Waals surface area contributed by atoms with Gasteiger partial charge in [-0.2, -0.15) is 0 Å². The number of nitrogens with one attached hydrogen (secondary N) is 1. The van der Waals surface area contributed by atoms with Gasteiger partial charge in [0.25, 0.3) is 0 Å². The highest BCUT2D eigenvalue weighted by Crippen LogP contribution is 2.33. The second-order valence-corrected chi connectivity index (χ2v) is 8.10. The van der Waals surface area contributed by atoms with E-state index in [9.17, 15) is 19.4 Å². The molecule has 1 saturated heterocycles. The van der Waals surface area contributed by atoms with E-state index in [1.54, 1.807) is 19.1 Å². The molecule has 0 bridgehead atoms. The summed E-state index contributed by atoms with van der Waals surface area (Å²) in [6.45, 7) is 7.30. The first-order valence-corrected chi connectivity index (χ1v) is 10.6. The summed E-state index contributed by atoms with van der Waals surface area (Å²) in [4.78, 5) is 17.2. The summed E-state index contributed by atoms with van der Waals surface area (Å²) >= 11 is 0. The molecule has 0 spiro atoms. The molecule has 0 radical (unpaired) electrons. The van der Waals surface area contributed by atoms with E-state index in [0.29, 0.717) is 43.8 Å². The summed E-state index contributed by atoms with van der Waals surface area (Å²) in [5.41, 5.74) is 1.59. The number of aliphatic hydroxyl groups is 2. The third-order valence-electron chi connectivity index (χ3n) is 5.88. The van der Waals surface area contributed by atoms with Crippen LogP contribution in [0.5, 0.6) is 5.75 Å². The number of halogens is 1. The summed E-state index contributed by atoms with van der Waals surface area (Å²) in [5, 5.41) is 21.4. The molecule has 8 heteroatoms. The maximum atomic E-state index is 13.2. The van der Waals surface area contributed by atoms with Gasteiger partial charge in [-0.25, -0.2) is 9.18 Å². The first-order chi connectivity index (χ1) is 14.7. The summed E-state index contributed by atoms with van der Waals surface area (Å²) in [7, 11) is 0. The highest BCUT2D eigenvalue weighted by atomic mass is 19.1. The van der Waals surface area contributed by atoms with Gasteiger partial charge in [-0.15, -0.1) is 0 Å². The number of carbonyl (C=O) groups excluding carboxylic acids is 1. The topological polar surface area (TPSA) is 95.0 Å². The van der Waals surface area contributed by atoms with E-state index in [1.807, 2.05) is 13.8 Å². The summed E-state index contributed by atoms with van der Waals surface area (Å²) in [6, 6.07) is 5.96. The molecule has 3 N–H and O–H groups in total. The third kappa shape index (κ3) is 5.44. The molecule has 1 aliphatic heterocycles. The summed E-state index contributed by atoms with van der Waals surface area (Å²) < 4.78 is 24.0. The van der Waals surface area contributed by atoms with Crippen molar-refractivity contribution in [3.05, 3.63) is 52.6 Å². The molecule has 170 valence electrons. The number of aryl methyl sites for hydroxylation is 1. The van der Waals surface area contributed by atoms with Crippen molar-refractivity contribution in [1.82, 2.24) is 9.88 Å². The molecular weight excluding hydrogens is 403 g/mol. The number of aromatic nitrogens is 1. The first-order valence-electron chi connectivity index (χ1n) is 10.6. The number of aliphatic hydroxyl groups excluding tert-OH is 1. The van der Waals surface area contributed by atoms with Crippen molar-refractivity contribution in [2.45, 2.75) is 45.3 Å². The number of aromatic amines is 1. The molecule has 1 fully saturated rings. The van der Waals surface area contributed by atoms with Gasteiger partial charge < -0.3 is 29.6 Å². The van der Waals surface area contributed by atoms with Gasteiger partial charge in [0.1, 0.15) is 18.5 Å². The number of hydrogen-bond donors (Lipinski definition) is 3. The Morgan fingerprint density at radius 3 is 2.52 bits per heavy atom. The molecule has 2 heterocycles. The van der Waals surface area contributed by atoms with Crippen LogP contribution in [0, 0.1) is 19.7 Å². The van der Waals surface area contributed by atoms with Gasteiger partial charge in [0, 0.05) is 30.9 Å². The smallest absolute Gasteiger partial charge is 0.358 e. The predicted molar refractivity (Wildman–Crippen MR) is 114 cm³/mol. The molecule has 1 unspecified atom stereocenters. The zero-order chi connectivity index (χ0) is 22.6. The van der Waals surface area contributed by atoms with Crippen molar-refractivity contribution in [1.29, 1.82) is 0 Å². The first kappa shape index (κ1) is 23.2. The average molecular weight is 435 g/mol. The van der Waals surface area contributed by atoms with Gasteiger partial charge >= 0.3 is 5.97 Å². The number of piperidine rings is 1. The van der Waals surface area contributed by atoms with Crippen LogP contribution < -0.4 is 4.74 Å². The van der Waals surface area contributed by atoms with Gasteiger partial charge in [-0.05, 0) is 51.3 Å². The van der Waals surface area contributed by atoms with Crippen molar-refractivity contribution in [3.8, 4) is 5.75 Å². The molecule has 1 atom stereocenters. The Kier molecular flexibility index (Phi) is 7.35. The molecule has 1 aromatic heterocycles. The number of β-amino-alcohol motifs (C(OH)–C–C–N with tert-alkyl or cyclic N) is 1. The number of hydrogen-bond acceptors (Lipinski definition) is 6. The Bertz CT molecular complexity index is 888. The lowest BCUT2D eigenvalue weighted by atomic mass is 9.84. The van der Waals surface area contributed by atoms with E-state index < -0.39 is 17.7 Å². The molecule has 1 aliphatic rings. The highest BCUT2D eigenvalue weighted by molar-refractivity contribution is 5.91. The second kappa shape index (κ2) is 9.80. The van der Waals surface area contributed by atoms with Crippen molar-refractivity contribution < 1.29 is 28.9 Å². The minimum absolute atomic E-state index is 0.0310. The minimum Gasteiger partial charge on any atom is -0.488 e. The number of nitrogens with zero attached hydrogens (tertiary/aromatic N) is 1. The van der Waals surface area contributed by atoms with E-state index in [4.69, 9.17) is 9.47 Å².